The highest BCUT2D eigenvalue weighted by molar-refractivity contribution is 8.19. The lowest BCUT2D eigenvalue weighted by atomic mass is 10.2. The Hall–Kier alpha value is -1.87. The second-order valence-corrected chi connectivity index (χ2v) is 9.69. The standard InChI is InChI=1S/C17H13ClN2O3S3/c1-2-10-20-16(21)13(11-12-6-4-3-5-7-12)24-17(20)19-26(22,23)15-9-8-14(18)25-15/h2-9,11H,1,10H2/b13-11-,19-17?. The van der Waals surface area contributed by atoms with Crippen molar-refractivity contribution in [3.8, 4) is 0 Å². The third-order valence-corrected chi connectivity index (χ3v) is 7.39. The van der Waals surface area contributed by atoms with Gasteiger partial charge in [0.15, 0.2) is 5.17 Å². The van der Waals surface area contributed by atoms with Crippen LogP contribution in [0.5, 0.6) is 0 Å². The number of benzene rings is 1. The molecule has 9 heteroatoms. The van der Waals surface area contributed by atoms with Crippen LogP contribution < -0.4 is 0 Å². The average Bonchev–Trinajstić information content (AvgIpc) is 3.16. The van der Waals surface area contributed by atoms with E-state index in [4.69, 9.17) is 11.6 Å². The fourth-order valence-corrected chi connectivity index (χ4v) is 5.80. The van der Waals surface area contributed by atoms with Crippen molar-refractivity contribution in [3.63, 3.8) is 0 Å². The highest BCUT2D eigenvalue weighted by Crippen LogP contribution is 2.34. The minimum absolute atomic E-state index is 0.0297. The maximum atomic E-state index is 12.6. The molecule has 2 heterocycles. The molecule has 1 aromatic carbocycles. The maximum Gasteiger partial charge on any atom is 0.294 e. The Morgan fingerprint density at radius 2 is 1.92 bits per heavy atom. The molecule has 1 aliphatic heterocycles. The number of thiophene rings is 1. The van der Waals surface area contributed by atoms with Gasteiger partial charge in [-0.15, -0.1) is 22.3 Å². The topological polar surface area (TPSA) is 66.8 Å². The zero-order chi connectivity index (χ0) is 18.7. The van der Waals surface area contributed by atoms with Gasteiger partial charge in [-0.1, -0.05) is 48.0 Å². The summed E-state index contributed by atoms with van der Waals surface area (Å²) in [4.78, 5) is 14.3. The van der Waals surface area contributed by atoms with Gasteiger partial charge in [0.2, 0.25) is 0 Å². The first-order chi connectivity index (χ1) is 12.4. The molecule has 0 spiro atoms. The number of amides is 1. The molecule has 2 aromatic rings. The Morgan fingerprint density at radius 3 is 2.54 bits per heavy atom. The van der Waals surface area contributed by atoms with Crippen LogP contribution in [0.4, 0.5) is 0 Å². The molecule has 1 amide bonds. The van der Waals surface area contributed by atoms with Crippen molar-refractivity contribution < 1.29 is 13.2 Å². The predicted octanol–water partition coefficient (Wildman–Crippen LogP) is 4.25. The molecule has 134 valence electrons. The van der Waals surface area contributed by atoms with E-state index in [1.54, 1.807) is 6.08 Å². The molecule has 1 saturated heterocycles. The first kappa shape index (κ1) is 18.9. The first-order valence-electron chi connectivity index (χ1n) is 7.38. The minimum Gasteiger partial charge on any atom is -0.282 e. The van der Waals surface area contributed by atoms with Crippen molar-refractivity contribution in [2.24, 2.45) is 4.40 Å². The third kappa shape index (κ3) is 4.09. The quantitative estimate of drug-likeness (QED) is 0.531. The second kappa shape index (κ2) is 7.79. The van der Waals surface area contributed by atoms with Crippen LogP contribution in [0.2, 0.25) is 4.34 Å². The number of hydrogen-bond acceptors (Lipinski definition) is 5. The lowest BCUT2D eigenvalue weighted by Crippen LogP contribution is -2.29. The summed E-state index contributed by atoms with van der Waals surface area (Å²) in [6, 6.07) is 12.2. The van der Waals surface area contributed by atoms with E-state index in [2.05, 4.69) is 11.0 Å². The summed E-state index contributed by atoms with van der Waals surface area (Å²) in [6.45, 7) is 3.78. The van der Waals surface area contributed by atoms with Gasteiger partial charge in [0, 0.05) is 6.54 Å². The molecular weight excluding hydrogens is 412 g/mol. The summed E-state index contributed by atoms with van der Waals surface area (Å²) in [6.07, 6.45) is 3.23. The molecule has 0 saturated carbocycles. The second-order valence-electron chi connectivity index (χ2n) is 5.13. The highest BCUT2D eigenvalue weighted by atomic mass is 35.5. The molecule has 1 aliphatic rings. The summed E-state index contributed by atoms with van der Waals surface area (Å²) in [7, 11) is -3.95. The number of rotatable bonds is 5. The average molecular weight is 425 g/mol. The molecule has 0 aliphatic carbocycles. The number of hydrogen-bond donors (Lipinski definition) is 0. The molecule has 5 nitrogen and oxygen atoms in total. The smallest absolute Gasteiger partial charge is 0.282 e. The lowest BCUT2D eigenvalue weighted by Gasteiger charge is -2.12. The van der Waals surface area contributed by atoms with Gasteiger partial charge in [-0.2, -0.15) is 8.42 Å². The van der Waals surface area contributed by atoms with Crippen molar-refractivity contribution in [2.45, 2.75) is 4.21 Å². The van der Waals surface area contributed by atoms with Gasteiger partial charge >= 0.3 is 0 Å². The minimum atomic E-state index is -3.95. The monoisotopic (exact) mass is 424 g/mol. The molecule has 3 rings (SSSR count). The van der Waals surface area contributed by atoms with Crippen molar-refractivity contribution in [1.82, 2.24) is 4.90 Å². The molecule has 0 unspecified atom stereocenters. The van der Waals surface area contributed by atoms with Gasteiger partial charge in [-0.05, 0) is 35.5 Å². The lowest BCUT2D eigenvalue weighted by molar-refractivity contribution is -0.121. The van der Waals surface area contributed by atoms with E-state index in [0.29, 0.717) is 9.24 Å². The largest absolute Gasteiger partial charge is 0.294 e. The summed E-state index contributed by atoms with van der Waals surface area (Å²) in [5.74, 6) is -0.308. The number of thioether (sulfide) groups is 1. The summed E-state index contributed by atoms with van der Waals surface area (Å²) < 4.78 is 29.2. The molecule has 1 fully saturated rings. The highest BCUT2D eigenvalue weighted by Gasteiger charge is 2.34. The van der Waals surface area contributed by atoms with Gasteiger partial charge in [0.05, 0.1) is 9.24 Å². The van der Waals surface area contributed by atoms with E-state index < -0.39 is 10.0 Å². The summed E-state index contributed by atoms with van der Waals surface area (Å²) in [5.41, 5.74) is 0.844. The van der Waals surface area contributed by atoms with Crippen LogP contribution >= 0.6 is 34.7 Å². The normalized spacial score (nSPS) is 18.0. The number of sulfonamides is 1. The van der Waals surface area contributed by atoms with Crippen LogP contribution in [-0.2, 0) is 14.8 Å². The zero-order valence-corrected chi connectivity index (χ0v) is 16.5. The number of amidine groups is 1. The third-order valence-electron chi connectivity index (χ3n) is 3.30. The Kier molecular flexibility index (Phi) is 5.67. The zero-order valence-electron chi connectivity index (χ0n) is 13.3. The maximum absolute atomic E-state index is 12.6. The fraction of sp³-hybridized carbons (Fsp3) is 0.0588. The van der Waals surface area contributed by atoms with E-state index in [-0.39, 0.29) is 21.8 Å². The summed E-state index contributed by atoms with van der Waals surface area (Å²) >= 11 is 7.75. The van der Waals surface area contributed by atoms with Gasteiger partial charge in [-0.25, -0.2) is 0 Å². The van der Waals surface area contributed by atoms with Crippen LogP contribution in [0, 0.1) is 0 Å². The van der Waals surface area contributed by atoms with E-state index >= 15 is 0 Å². The Morgan fingerprint density at radius 1 is 1.19 bits per heavy atom. The van der Waals surface area contributed by atoms with Crippen molar-refractivity contribution in [3.05, 3.63) is 69.9 Å². The SMILES string of the molecule is C=CCN1C(=O)/C(=C/c2ccccc2)SC1=NS(=O)(=O)c1ccc(Cl)s1. The summed E-state index contributed by atoms with van der Waals surface area (Å²) in [5, 5.41) is 0.0987. The van der Waals surface area contributed by atoms with Crippen molar-refractivity contribution >= 4 is 61.9 Å². The van der Waals surface area contributed by atoms with Crippen LogP contribution in [-0.4, -0.2) is 30.9 Å². The van der Waals surface area contributed by atoms with Gasteiger partial charge in [0.25, 0.3) is 15.9 Å². The Balaban J connectivity index is 1.99. The molecule has 0 N–H and O–H groups in total. The number of carbonyl (C=O) groups excluding carboxylic acids is 1. The van der Waals surface area contributed by atoms with E-state index in [1.165, 1.54) is 23.1 Å². The number of halogens is 1. The molecular formula is C17H13ClN2O3S3. The van der Waals surface area contributed by atoms with E-state index in [0.717, 1.165) is 28.7 Å². The Labute approximate surface area is 164 Å². The molecule has 1 aromatic heterocycles. The van der Waals surface area contributed by atoms with Gasteiger partial charge < -0.3 is 0 Å². The van der Waals surface area contributed by atoms with Crippen LogP contribution in [0.25, 0.3) is 6.08 Å². The first-order valence-corrected chi connectivity index (χ1v) is 10.8. The molecule has 26 heavy (non-hydrogen) atoms. The molecule has 0 bridgehead atoms. The molecule has 0 atom stereocenters. The van der Waals surface area contributed by atoms with E-state index in [1.807, 2.05) is 30.3 Å². The number of carbonyl (C=O) groups is 1. The van der Waals surface area contributed by atoms with E-state index in [9.17, 15) is 13.2 Å². The van der Waals surface area contributed by atoms with Crippen LogP contribution in [0.1, 0.15) is 5.56 Å². The van der Waals surface area contributed by atoms with Crippen molar-refractivity contribution in [1.29, 1.82) is 0 Å². The predicted molar refractivity (Wildman–Crippen MR) is 108 cm³/mol. The Bertz CT molecular complexity index is 1010. The van der Waals surface area contributed by atoms with Gasteiger partial charge in [-0.3, -0.25) is 9.69 Å². The van der Waals surface area contributed by atoms with Crippen LogP contribution in [0.15, 0.2) is 68.6 Å². The van der Waals surface area contributed by atoms with Crippen LogP contribution in [0.3, 0.4) is 0 Å². The number of nitrogens with zero attached hydrogens (tertiary/aromatic N) is 2. The van der Waals surface area contributed by atoms with Crippen molar-refractivity contribution in [2.75, 3.05) is 6.54 Å². The van der Waals surface area contributed by atoms with Gasteiger partial charge in [0.1, 0.15) is 4.21 Å². The molecule has 0 radical (unpaired) electrons. The fourth-order valence-electron chi connectivity index (χ4n) is 2.15.